The van der Waals surface area contributed by atoms with Gasteiger partial charge in [0.05, 0.1) is 33.7 Å². The van der Waals surface area contributed by atoms with Gasteiger partial charge in [0.2, 0.25) is 0 Å². The number of fused-ring (bicyclic) bond motifs is 1. The number of hydrogen-bond acceptors (Lipinski definition) is 4. The van der Waals surface area contributed by atoms with E-state index in [-0.39, 0.29) is 15.6 Å². The van der Waals surface area contributed by atoms with Crippen LogP contribution in [-0.2, 0) is 10.0 Å². The summed E-state index contributed by atoms with van der Waals surface area (Å²) in [5.41, 5.74) is 1.05. The van der Waals surface area contributed by atoms with Gasteiger partial charge < -0.3 is 14.7 Å². The molecule has 1 aromatic heterocycles. The van der Waals surface area contributed by atoms with Crippen molar-refractivity contribution in [2.24, 2.45) is 0 Å². The molecule has 0 aliphatic rings. The number of anilines is 1. The van der Waals surface area contributed by atoms with Crippen LogP contribution < -0.4 is 15.1 Å². The lowest BCUT2D eigenvalue weighted by Crippen LogP contribution is -2.13. The van der Waals surface area contributed by atoms with Gasteiger partial charge >= 0.3 is 5.69 Å². The highest BCUT2D eigenvalue weighted by Crippen LogP contribution is 2.28. The minimum absolute atomic E-state index is 0.00552. The maximum atomic E-state index is 12.4. The third kappa shape index (κ3) is 3.03. The second-order valence-corrected chi connectivity index (χ2v) is 6.83. The molecule has 0 amide bonds. The van der Waals surface area contributed by atoms with Gasteiger partial charge in [0.1, 0.15) is 5.75 Å². The molecule has 0 radical (unpaired) electrons. The van der Waals surface area contributed by atoms with E-state index in [4.69, 9.17) is 16.3 Å². The maximum absolute atomic E-state index is 12.4. The van der Waals surface area contributed by atoms with Gasteiger partial charge in [-0.25, -0.2) is 13.2 Å². The zero-order chi connectivity index (χ0) is 16.6. The topological polar surface area (TPSA) is 104 Å². The smallest absolute Gasteiger partial charge is 0.323 e. The van der Waals surface area contributed by atoms with Crippen molar-refractivity contribution in [3.63, 3.8) is 0 Å². The summed E-state index contributed by atoms with van der Waals surface area (Å²) in [6, 6.07) is 8.85. The van der Waals surface area contributed by atoms with E-state index >= 15 is 0 Å². The Morgan fingerprint density at radius 1 is 1.09 bits per heavy atom. The van der Waals surface area contributed by atoms with Gasteiger partial charge in [0.15, 0.2) is 0 Å². The molecule has 0 aliphatic heterocycles. The first-order valence-corrected chi connectivity index (χ1v) is 8.33. The molecule has 23 heavy (non-hydrogen) atoms. The number of ether oxygens (including phenoxy) is 1. The van der Waals surface area contributed by atoms with Crippen LogP contribution in [0, 0.1) is 0 Å². The van der Waals surface area contributed by atoms with Crippen molar-refractivity contribution in [2.75, 3.05) is 11.8 Å². The predicted octanol–water partition coefficient (Wildman–Crippen LogP) is 2.32. The Balaban J connectivity index is 1.95. The number of H-pyrrole nitrogens is 2. The van der Waals surface area contributed by atoms with Crippen molar-refractivity contribution in [1.82, 2.24) is 9.97 Å². The number of aromatic amines is 2. The fourth-order valence-corrected chi connectivity index (χ4v) is 3.52. The normalized spacial score (nSPS) is 11.6. The molecular weight excluding hydrogens is 342 g/mol. The summed E-state index contributed by atoms with van der Waals surface area (Å²) in [5.74, 6) is 0.386. The SMILES string of the molecule is COc1ccc(S(=O)(=O)Nc2ccc3[nH]c(=O)[nH]c3c2)cc1Cl. The van der Waals surface area contributed by atoms with E-state index in [0.717, 1.165) is 0 Å². The molecule has 2 aromatic carbocycles. The summed E-state index contributed by atoms with van der Waals surface area (Å²) in [6.07, 6.45) is 0. The number of hydrogen-bond donors (Lipinski definition) is 3. The van der Waals surface area contributed by atoms with E-state index in [1.54, 1.807) is 12.1 Å². The van der Waals surface area contributed by atoms with Crippen molar-refractivity contribution in [1.29, 1.82) is 0 Å². The highest BCUT2D eigenvalue weighted by Gasteiger charge is 2.16. The zero-order valence-corrected chi connectivity index (χ0v) is 13.5. The Morgan fingerprint density at radius 2 is 1.83 bits per heavy atom. The largest absolute Gasteiger partial charge is 0.495 e. The van der Waals surface area contributed by atoms with Gasteiger partial charge in [-0.05, 0) is 36.4 Å². The number of imidazole rings is 1. The molecule has 0 saturated carbocycles. The Bertz CT molecular complexity index is 1040. The number of methoxy groups -OCH3 is 1. The Kier molecular flexibility index (Phi) is 3.78. The molecule has 0 bridgehead atoms. The minimum atomic E-state index is -3.81. The quantitative estimate of drug-likeness (QED) is 0.669. The van der Waals surface area contributed by atoms with Crippen molar-refractivity contribution < 1.29 is 13.2 Å². The van der Waals surface area contributed by atoms with Crippen LogP contribution in [0.5, 0.6) is 5.75 Å². The highest BCUT2D eigenvalue weighted by molar-refractivity contribution is 7.92. The van der Waals surface area contributed by atoms with Crippen LogP contribution in [0.25, 0.3) is 11.0 Å². The van der Waals surface area contributed by atoms with Crippen molar-refractivity contribution in [3.05, 3.63) is 51.9 Å². The molecule has 0 unspecified atom stereocenters. The summed E-state index contributed by atoms with van der Waals surface area (Å²) >= 11 is 5.96. The summed E-state index contributed by atoms with van der Waals surface area (Å²) in [4.78, 5) is 16.4. The monoisotopic (exact) mass is 353 g/mol. The van der Waals surface area contributed by atoms with Crippen LogP contribution in [0.1, 0.15) is 0 Å². The van der Waals surface area contributed by atoms with Crippen LogP contribution in [-0.4, -0.2) is 25.5 Å². The van der Waals surface area contributed by atoms with E-state index < -0.39 is 10.0 Å². The summed E-state index contributed by atoms with van der Waals surface area (Å²) in [5, 5.41) is 0.195. The fraction of sp³-hybridized carbons (Fsp3) is 0.0714. The molecule has 9 heteroatoms. The number of benzene rings is 2. The van der Waals surface area contributed by atoms with Crippen molar-refractivity contribution in [2.45, 2.75) is 4.90 Å². The molecular formula is C14H12ClN3O4S. The number of aromatic nitrogens is 2. The molecule has 0 saturated heterocycles. The van der Waals surface area contributed by atoms with Crippen molar-refractivity contribution in [3.8, 4) is 5.75 Å². The van der Waals surface area contributed by atoms with Gasteiger partial charge in [0, 0.05) is 0 Å². The molecule has 0 spiro atoms. The number of halogens is 1. The van der Waals surface area contributed by atoms with Crippen molar-refractivity contribution >= 4 is 38.3 Å². The van der Waals surface area contributed by atoms with Crippen LogP contribution in [0.4, 0.5) is 5.69 Å². The minimum Gasteiger partial charge on any atom is -0.495 e. The van der Waals surface area contributed by atoms with Crippen LogP contribution in [0.2, 0.25) is 5.02 Å². The van der Waals surface area contributed by atoms with E-state index in [9.17, 15) is 13.2 Å². The first kappa shape index (κ1) is 15.4. The van der Waals surface area contributed by atoms with E-state index in [1.807, 2.05) is 0 Å². The summed E-state index contributed by atoms with van der Waals surface area (Å²) < 4.78 is 32.2. The second kappa shape index (κ2) is 5.64. The Labute approximate surface area is 136 Å². The van der Waals surface area contributed by atoms with Crippen LogP contribution in [0.15, 0.2) is 46.1 Å². The van der Waals surface area contributed by atoms with E-state index in [0.29, 0.717) is 22.5 Å². The number of rotatable bonds is 4. The summed E-state index contributed by atoms with van der Waals surface area (Å²) in [7, 11) is -2.37. The Hall–Kier alpha value is -2.45. The lowest BCUT2D eigenvalue weighted by Gasteiger charge is -2.10. The number of sulfonamides is 1. The van der Waals surface area contributed by atoms with Gasteiger partial charge in [-0.2, -0.15) is 0 Å². The molecule has 3 aromatic rings. The third-order valence-electron chi connectivity index (χ3n) is 3.20. The second-order valence-electron chi connectivity index (χ2n) is 4.74. The molecule has 3 N–H and O–H groups in total. The van der Waals surface area contributed by atoms with E-state index in [1.165, 1.54) is 31.4 Å². The Morgan fingerprint density at radius 3 is 2.52 bits per heavy atom. The molecule has 120 valence electrons. The molecule has 1 heterocycles. The maximum Gasteiger partial charge on any atom is 0.323 e. The van der Waals surface area contributed by atoms with Crippen LogP contribution >= 0.6 is 11.6 Å². The number of nitrogens with one attached hydrogen (secondary N) is 3. The zero-order valence-electron chi connectivity index (χ0n) is 11.9. The average molecular weight is 354 g/mol. The predicted molar refractivity (Wildman–Crippen MR) is 87.7 cm³/mol. The van der Waals surface area contributed by atoms with Gasteiger partial charge in [0.25, 0.3) is 10.0 Å². The first-order chi connectivity index (χ1) is 10.9. The highest BCUT2D eigenvalue weighted by atomic mass is 35.5. The molecule has 7 nitrogen and oxygen atoms in total. The average Bonchev–Trinajstić information content (AvgIpc) is 2.86. The fourth-order valence-electron chi connectivity index (χ4n) is 2.12. The molecule has 0 aliphatic carbocycles. The lowest BCUT2D eigenvalue weighted by atomic mass is 10.3. The summed E-state index contributed by atoms with van der Waals surface area (Å²) in [6.45, 7) is 0. The lowest BCUT2D eigenvalue weighted by molar-refractivity contribution is 0.414. The molecule has 0 fully saturated rings. The van der Waals surface area contributed by atoms with Gasteiger partial charge in [-0.15, -0.1) is 0 Å². The molecule has 3 rings (SSSR count). The standard InChI is InChI=1S/C14H12ClN3O4S/c1-22-13-5-3-9(7-10(13)15)23(20,21)18-8-2-4-11-12(6-8)17-14(19)16-11/h2-7,18H,1H3,(H2,16,17,19). The first-order valence-electron chi connectivity index (χ1n) is 6.47. The van der Waals surface area contributed by atoms with Gasteiger partial charge in [-0.3, -0.25) is 4.72 Å². The van der Waals surface area contributed by atoms with E-state index in [2.05, 4.69) is 14.7 Å². The third-order valence-corrected chi connectivity index (χ3v) is 4.88. The van der Waals surface area contributed by atoms with Crippen LogP contribution in [0.3, 0.4) is 0 Å². The molecule has 0 atom stereocenters. The van der Waals surface area contributed by atoms with Gasteiger partial charge in [-0.1, -0.05) is 11.6 Å².